The molecular weight excluding hydrogens is 252 g/mol. The SMILES string of the molecule is C[C@@H]1CCC[C@H](OCC(=O)N2C[C@@H](N(C)C)[C@@H](C)C2)C1. The third-order valence-electron chi connectivity index (χ3n) is 4.92. The van der Waals surface area contributed by atoms with Crippen molar-refractivity contribution in [3.8, 4) is 0 Å². The molecule has 2 rings (SSSR count). The molecule has 1 aliphatic heterocycles. The van der Waals surface area contributed by atoms with Crippen LogP contribution < -0.4 is 0 Å². The first kappa shape index (κ1) is 15.8. The third-order valence-corrected chi connectivity index (χ3v) is 4.92. The highest BCUT2D eigenvalue weighted by Gasteiger charge is 2.33. The van der Waals surface area contributed by atoms with E-state index in [9.17, 15) is 4.79 Å². The van der Waals surface area contributed by atoms with Gasteiger partial charge in [0.1, 0.15) is 6.61 Å². The van der Waals surface area contributed by atoms with E-state index in [1.807, 2.05) is 4.90 Å². The average molecular weight is 282 g/mol. The van der Waals surface area contributed by atoms with Crippen LogP contribution in [-0.2, 0) is 9.53 Å². The number of hydrogen-bond donors (Lipinski definition) is 0. The summed E-state index contributed by atoms with van der Waals surface area (Å²) in [7, 11) is 4.18. The smallest absolute Gasteiger partial charge is 0.248 e. The van der Waals surface area contributed by atoms with Crippen LogP contribution in [0.4, 0.5) is 0 Å². The lowest BCUT2D eigenvalue weighted by Gasteiger charge is -2.27. The summed E-state index contributed by atoms with van der Waals surface area (Å²) < 4.78 is 5.85. The molecule has 4 heteroatoms. The first-order valence-corrected chi connectivity index (χ1v) is 8.03. The molecule has 0 spiro atoms. The molecule has 4 nitrogen and oxygen atoms in total. The molecule has 2 aliphatic rings. The first-order valence-electron chi connectivity index (χ1n) is 8.03. The van der Waals surface area contributed by atoms with Gasteiger partial charge in [0.05, 0.1) is 6.10 Å². The topological polar surface area (TPSA) is 32.8 Å². The molecule has 1 amide bonds. The summed E-state index contributed by atoms with van der Waals surface area (Å²) in [6.07, 6.45) is 5.08. The van der Waals surface area contributed by atoms with Crippen molar-refractivity contribution in [2.45, 2.75) is 51.7 Å². The van der Waals surface area contributed by atoms with Gasteiger partial charge in [-0.3, -0.25) is 4.79 Å². The lowest BCUT2D eigenvalue weighted by Crippen LogP contribution is -2.37. The molecule has 0 bridgehead atoms. The molecule has 2 fully saturated rings. The summed E-state index contributed by atoms with van der Waals surface area (Å²) in [6.45, 7) is 6.48. The lowest BCUT2D eigenvalue weighted by atomic mass is 9.89. The van der Waals surface area contributed by atoms with Gasteiger partial charge in [-0.05, 0) is 38.8 Å². The molecule has 0 aromatic rings. The lowest BCUT2D eigenvalue weighted by molar-refractivity contribution is -0.138. The Labute approximate surface area is 123 Å². The van der Waals surface area contributed by atoms with Crippen molar-refractivity contribution in [1.82, 2.24) is 9.80 Å². The Hall–Kier alpha value is -0.610. The summed E-state index contributed by atoms with van der Waals surface area (Å²) in [5, 5.41) is 0. The molecule has 0 N–H and O–H groups in total. The Morgan fingerprint density at radius 2 is 2.00 bits per heavy atom. The van der Waals surface area contributed by atoms with E-state index in [2.05, 4.69) is 32.8 Å². The number of ether oxygens (including phenoxy) is 1. The number of rotatable bonds is 4. The first-order chi connectivity index (χ1) is 9.47. The predicted octanol–water partition coefficient (Wildman–Crippen LogP) is 1.99. The molecule has 116 valence electrons. The van der Waals surface area contributed by atoms with Gasteiger partial charge < -0.3 is 14.5 Å². The van der Waals surface area contributed by atoms with Gasteiger partial charge in [0.25, 0.3) is 0 Å². The summed E-state index contributed by atoms with van der Waals surface area (Å²) in [6, 6.07) is 0.480. The Bertz CT molecular complexity index is 332. The number of likely N-dealkylation sites (tertiary alicyclic amines) is 1. The molecule has 0 aromatic carbocycles. The molecule has 0 radical (unpaired) electrons. The molecular formula is C16H30N2O2. The van der Waals surface area contributed by atoms with Crippen molar-refractivity contribution < 1.29 is 9.53 Å². The quantitative estimate of drug-likeness (QED) is 0.790. The maximum Gasteiger partial charge on any atom is 0.248 e. The minimum absolute atomic E-state index is 0.166. The highest BCUT2D eigenvalue weighted by molar-refractivity contribution is 5.77. The van der Waals surface area contributed by atoms with Gasteiger partial charge in [0, 0.05) is 19.1 Å². The molecule has 4 atom stereocenters. The van der Waals surface area contributed by atoms with E-state index in [1.54, 1.807) is 0 Å². The Morgan fingerprint density at radius 3 is 2.60 bits per heavy atom. The Balaban J connectivity index is 1.75. The fourth-order valence-corrected chi connectivity index (χ4v) is 3.64. The zero-order valence-corrected chi connectivity index (χ0v) is 13.5. The van der Waals surface area contributed by atoms with Crippen molar-refractivity contribution in [1.29, 1.82) is 0 Å². The highest BCUT2D eigenvalue weighted by Crippen LogP contribution is 2.26. The fraction of sp³-hybridized carbons (Fsp3) is 0.938. The van der Waals surface area contributed by atoms with E-state index in [4.69, 9.17) is 4.74 Å². The van der Waals surface area contributed by atoms with Gasteiger partial charge in [-0.25, -0.2) is 0 Å². The molecule has 1 saturated heterocycles. The van der Waals surface area contributed by atoms with E-state index >= 15 is 0 Å². The Morgan fingerprint density at radius 1 is 1.25 bits per heavy atom. The van der Waals surface area contributed by atoms with E-state index in [0.717, 1.165) is 31.8 Å². The van der Waals surface area contributed by atoms with Crippen molar-refractivity contribution in [3.63, 3.8) is 0 Å². The predicted molar refractivity (Wildman–Crippen MR) is 80.6 cm³/mol. The minimum Gasteiger partial charge on any atom is -0.368 e. The van der Waals surface area contributed by atoms with Crippen LogP contribution in [0.2, 0.25) is 0 Å². The van der Waals surface area contributed by atoms with Crippen LogP contribution in [0.15, 0.2) is 0 Å². The number of amides is 1. The third kappa shape index (κ3) is 3.95. The van der Waals surface area contributed by atoms with Gasteiger partial charge in [-0.15, -0.1) is 0 Å². The monoisotopic (exact) mass is 282 g/mol. The molecule has 1 saturated carbocycles. The second-order valence-corrected chi connectivity index (χ2v) is 7.01. The molecule has 0 aromatic heterocycles. The van der Waals surface area contributed by atoms with Gasteiger partial charge in [-0.2, -0.15) is 0 Å². The van der Waals surface area contributed by atoms with Crippen LogP contribution in [0.1, 0.15) is 39.5 Å². The van der Waals surface area contributed by atoms with Crippen molar-refractivity contribution in [3.05, 3.63) is 0 Å². The van der Waals surface area contributed by atoms with Crippen LogP contribution in [0.25, 0.3) is 0 Å². The number of nitrogens with zero attached hydrogens (tertiary/aromatic N) is 2. The highest BCUT2D eigenvalue weighted by atomic mass is 16.5. The number of carbonyl (C=O) groups is 1. The zero-order valence-electron chi connectivity index (χ0n) is 13.5. The van der Waals surface area contributed by atoms with Gasteiger partial charge in [0.2, 0.25) is 5.91 Å². The standard InChI is InChI=1S/C16H30N2O2/c1-12-6-5-7-14(8-12)20-11-16(19)18-9-13(2)15(10-18)17(3)4/h12-15H,5-11H2,1-4H3/t12-,13+,14+,15-/m1/s1. The van der Waals surface area contributed by atoms with Gasteiger partial charge in [0.15, 0.2) is 0 Å². The van der Waals surface area contributed by atoms with E-state index in [0.29, 0.717) is 18.1 Å². The van der Waals surface area contributed by atoms with Crippen LogP contribution in [0.5, 0.6) is 0 Å². The summed E-state index contributed by atoms with van der Waals surface area (Å²) in [4.78, 5) is 16.5. The molecule has 1 aliphatic carbocycles. The average Bonchev–Trinajstić information content (AvgIpc) is 2.78. The molecule has 0 unspecified atom stereocenters. The van der Waals surface area contributed by atoms with Gasteiger partial charge in [-0.1, -0.05) is 26.7 Å². The summed E-state index contributed by atoms with van der Waals surface area (Å²) in [5.74, 6) is 1.46. The van der Waals surface area contributed by atoms with Crippen LogP contribution in [-0.4, -0.2) is 61.6 Å². The second-order valence-electron chi connectivity index (χ2n) is 7.01. The maximum atomic E-state index is 12.3. The number of carbonyl (C=O) groups excluding carboxylic acids is 1. The maximum absolute atomic E-state index is 12.3. The van der Waals surface area contributed by atoms with Crippen LogP contribution in [0, 0.1) is 11.8 Å². The fourth-order valence-electron chi connectivity index (χ4n) is 3.64. The number of hydrogen-bond acceptors (Lipinski definition) is 3. The number of likely N-dealkylation sites (N-methyl/N-ethyl adjacent to an activating group) is 1. The summed E-state index contributed by atoms with van der Waals surface area (Å²) in [5.41, 5.74) is 0. The van der Waals surface area contributed by atoms with E-state index in [1.165, 1.54) is 12.8 Å². The van der Waals surface area contributed by atoms with Crippen LogP contribution >= 0.6 is 0 Å². The summed E-state index contributed by atoms with van der Waals surface area (Å²) >= 11 is 0. The zero-order chi connectivity index (χ0) is 14.7. The Kier molecular flexibility index (Phi) is 5.44. The minimum atomic E-state index is 0.166. The van der Waals surface area contributed by atoms with Crippen LogP contribution in [0.3, 0.4) is 0 Å². The second kappa shape index (κ2) is 6.90. The van der Waals surface area contributed by atoms with E-state index < -0.39 is 0 Å². The normalized spacial score (nSPS) is 34.8. The van der Waals surface area contributed by atoms with Crippen molar-refractivity contribution >= 4 is 5.91 Å². The molecule has 20 heavy (non-hydrogen) atoms. The van der Waals surface area contributed by atoms with Crippen molar-refractivity contribution in [2.75, 3.05) is 33.8 Å². The van der Waals surface area contributed by atoms with Crippen molar-refractivity contribution in [2.24, 2.45) is 11.8 Å². The van der Waals surface area contributed by atoms with Gasteiger partial charge >= 0.3 is 0 Å². The van der Waals surface area contributed by atoms with E-state index in [-0.39, 0.29) is 12.5 Å². The largest absolute Gasteiger partial charge is 0.368 e. The molecule has 1 heterocycles.